The maximum absolute atomic E-state index is 12.7. The molecule has 6 nitrogen and oxygen atoms in total. The monoisotopic (exact) mass is 369 g/mol. The number of fused-ring (bicyclic) bond motifs is 2. The molecule has 2 heterocycles. The van der Waals surface area contributed by atoms with Gasteiger partial charge in [-0.3, -0.25) is 4.79 Å². The Morgan fingerprint density at radius 3 is 2.67 bits per heavy atom. The van der Waals surface area contributed by atoms with E-state index in [-0.39, 0.29) is 11.8 Å². The third-order valence-corrected chi connectivity index (χ3v) is 4.94. The SMILES string of the molecule is COc1ccc2c(c1)OCC(CNC(=O)c1cc3c(cc1C)OCCO3)C2. The highest BCUT2D eigenvalue weighted by Crippen LogP contribution is 2.33. The van der Waals surface area contributed by atoms with Crippen LogP contribution in [0.1, 0.15) is 21.5 Å². The summed E-state index contributed by atoms with van der Waals surface area (Å²) >= 11 is 0. The minimum absolute atomic E-state index is 0.106. The van der Waals surface area contributed by atoms with Crippen LogP contribution in [0.25, 0.3) is 0 Å². The molecule has 1 amide bonds. The van der Waals surface area contributed by atoms with E-state index < -0.39 is 0 Å². The zero-order chi connectivity index (χ0) is 18.8. The van der Waals surface area contributed by atoms with Gasteiger partial charge in [0.15, 0.2) is 11.5 Å². The molecule has 0 bridgehead atoms. The lowest BCUT2D eigenvalue weighted by atomic mass is 9.96. The first-order valence-electron chi connectivity index (χ1n) is 9.12. The van der Waals surface area contributed by atoms with Gasteiger partial charge < -0.3 is 24.3 Å². The van der Waals surface area contributed by atoms with Gasteiger partial charge in [-0.1, -0.05) is 6.07 Å². The van der Waals surface area contributed by atoms with Crippen LogP contribution in [0.3, 0.4) is 0 Å². The number of nitrogens with one attached hydrogen (secondary N) is 1. The van der Waals surface area contributed by atoms with Gasteiger partial charge in [-0.15, -0.1) is 0 Å². The molecule has 2 aromatic rings. The van der Waals surface area contributed by atoms with Crippen molar-refractivity contribution in [1.82, 2.24) is 5.32 Å². The largest absolute Gasteiger partial charge is 0.497 e. The Bertz CT molecular complexity index is 864. The molecule has 2 aliphatic rings. The molecule has 2 aliphatic heterocycles. The van der Waals surface area contributed by atoms with Crippen molar-refractivity contribution in [3.8, 4) is 23.0 Å². The summed E-state index contributed by atoms with van der Waals surface area (Å²) in [4.78, 5) is 12.7. The molecule has 0 radical (unpaired) electrons. The van der Waals surface area contributed by atoms with E-state index in [1.807, 2.05) is 31.2 Å². The number of methoxy groups -OCH3 is 1. The molecule has 142 valence electrons. The molecule has 1 unspecified atom stereocenters. The number of hydrogen-bond acceptors (Lipinski definition) is 5. The lowest BCUT2D eigenvalue weighted by Gasteiger charge is -2.26. The van der Waals surface area contributed by atoms with E-state index in [9.17, 15) is 4.79 Å². The predicted octanol–water partition coefficient (Wildman–Crippen LogP) is 2.76. The first kappa shape index (κ1) is 17.5. The van der Waals surface area contributed by atoms with E-state index in [4.69, 9.17) is 18.9 Å². The van der Waals surface area contributed by atoms with Crippen LogP contribution in [-0.4, -0.2) is 39.4 Å². The van der Waals surface area contributed by atoms with Gasteiger partial charge in [0.25, 0.3) is 5.91 Å². The van der Waals surface area contributed by atoms with Crippen LogP contribution in [0.15, 0.2) is 30.3 Å². The predicted molar refractivity (Wildman–Crippen MR) is 100 cm³/mol. The normalized spacial score (nSPS) is 17.5. The van der Waals surface area contributed by atoms with E-state index in [1.165, 1.54) is 0 Å². The fourth-order valence-electron chi connectivity index (χ4n) is 3.44. The minimum atomic E-state index is -0.106. The molecule has 0 saturated heterocycles. The summed E-state index contributed by atoms with van der Waals surface area (Å²) in [6.07, 6.45) is 0.861. The molecule has 0 aliphatic carbocycles. The van der Waals surface area contributed by atoms with Crippen LogP contribution in [0.4, 0.5) is 0 Å². The molecule has 1 N–H and O–H groups in total. The van der Waals surface area contributed by atoms with Crippen LogP contribution >= 0.6 is 0 Å². The number of hydrogen-bond donors (Lipinski definition) is 1. The molecule has 6 heteroatoms. The van der Waals surface area contributed by atoms with Gasteiger partial charge in [-0.05, 0) is 42.7 Å². The van der Waals surface area contributed by atoms with E-state index in [2.05, 4.69) is 5.32 Å². The van der Waals surface area contributed by atoms with Crippen molar-refractivity contribution in [1.29, 1.82) is 0 Å². The Labute approximate surface area is 158 Å². The third kappa shape index (κ3) is 3.65. The van der Waals surface area contributed by atoms with Crippen LogP contribution < -0.4 is 24.3 Å². The topological polar surface area (TPSA) is 66.0 Å². The second-order valence-corrected chi connectivity index (χ2v) is 6.88. The number of carbonyl (C=O) groups excluding carboxylic acids is 1. The maximum atomic E-state index is 12.7. The van der Waals surface area contributed by atoms with Crippen molar-refractivity contribution < 1.29 is 23.7 Å². The fourth-order valence-corrected chi connectivity index (χ4v) is 3.44. The minimum Gasteiger partial charge on any atom is -0.497 e. The Hall–Kier alpha value is -2.89. The van der Waals surface area contributed by atoms with Gasteiger partial charge in [-0.25, -0.2) is 0 Å². The summed E-state index contributed by atoms with van der Waals surface area (Å²) in [5.74, 6) is 3.09. The van der Waals surface area contributed by atoms with Gasteiger partial charge in [0.05, 0.1) is 13.7 Å². The van der Waals surface area contributed by atoms with E-state index in [0.717, 1.165) is 29.0 Å². The van der Waals surface area contributed by atoms with E-state index in [1.54, 1.807) is 13.2 Å². The number of rotatable bonds is 4. The molecule has 4 rings (SSSR count). The highest BCUT2D eigenvalue weighted by molar-refractivity contribution is 5.96. The molecule has 0 aromatic heterocycles. The third-order valence-electron chi connectivity index (χ3n) is 4.94. The highest BCUT2D eigenvalue weighted by Gasteiger charge is 2.22. The Morgan fingerprint density at radius 2 is 1.89 bits per heavy atom. The van der Waals surface area contributed by atoms with Gasteiger partial charge in [0, 0.05) is 24.1 Å². The van der Waals surface area contributed by atoms with Crippen molar-refractivity contribution in [3.05, 3.63) is 47.0 Å². The number of ether oxygens (including phenoxy) is 4. The number of carbonyl (C=O) groups is 1. The zero-order valence-electron chi connectivity index (χ0n) is 15.5. The molecule has 0 saturated carbocycles. The van der Waals surface area contributed by atoms with Crippen molar-refractivity contribution >= 4 is 5.91 Å². The number of aryl methyl sites for hydroxylation is 1. The Morgan fingerprint density at radius 1 is 1.11 bits per heavy atom. The van der Waals surface area contributed by atoms with Gasteiger partial charge >= 0.3 is 0 Å². The standard InChI is InChI=1S/C21H23NO5/c1-13-7-19-20(26-6-5-25-19)10-17(13)21(23)22-11-14-8-15-3-4-16(24-2)9-18(15)27-12-14/h3-4,7,9-10,14H,5-6,8,11-12H2,1-2H3,(H,22,23). The molecular formula is C21H23NO5. The second kappa shape index (κ2) is 7.39. The summed E-state index contributed by atoms with van der Waals surface area (Å²) in [5.41, 5.74) is 2.62. The first-order valence-corrected chi connectivity index (χ1v) is 9.12. The lowest BCUT2D eigenvalue weighted by molar-refractivity contribution is 0.0937. The average molecular weight is 369 g/mol. The number of benzene rings is 2. The molecule has 0 spiro atoms. The second-order valence-electron chi connectivity index (χ2n) is 6.88. The molecular weight excluding hydrogens is 346 g/mol. The average Bonchev–Trinajstić information content (AvgIpc) is 2.70. The molecule has 2 aromatic carbocycles. The van der Waals surface area contributed by atoms with Crippen molar-refractivity contribution in [2.45, 2.75) is 13.3 Å². The quantitative estimate of drug-likeness (QED) is 0.898. The summed E-state index contributed by atoms with van der Waals surface area (Å²) in [6, 6.07) is 9.48. The van der Waals surface area contributed by atoms with Crippen molar-refractivity contribution in [2.24, 2.45) is 5.92 Å². The van der Waals surface area contributed by atoms with Crippen LogP contribution in [0, 0.1) is 12.8 Å². The number of amides is 1. The zero-order valence-corrected chi connectivity index (χ0v) is 15.5. The van der Waals surface area contributed by atoms with Gasteiger partial charge in [0.1, 0.15) is 24.7 Å². The molecule has 27 heavy (non-hydrogen) atoms. The van der Waals surface area contributed by atoms with Crippen molar-refractivity contribution in [2.75, 3.05) is 33.5 Å². The first-order chi connectivity index (χ1) is 13.1. The maximum Gasteiger partial charge on any atom is 0.251 e. The van der Waals surface area contributed by atoms with E-state index in [0.29, 0.717) is 43.4 Å². The Balaban J connectivity index is 1.40. The summed E-state index contributed by atoms with van der Waals surface area (Å²) in [7, 11) is 1.64. The van der Waals surface area contributed by atoms with Gasteiger partial charge in [-0.2, -0.15) is 0 Å². The van der Waals surface area contributed by atoms with Crippen LogP contribution in [0.2, 0.25) is 0 Å². The van der Waals surface area contributed by atoms with Crippen LogP contribution in [-0.2, 0) is 6.42 Å². The van der Waals surface area contributed by atoms with Crippen LogP contribution in [0.5, 0.6) is 23.0 Å². The summed E-state index contributed by atoms with van der Waals surface area (Å²) < 4.78 is 22.2. The molecule has 1 atom stereocenters. The molecule has 0 fully saturated rings. The smallest absolute Gasteiger partial charge is 0.251 e. The van der Waals surface area contributed by atoms with Gasteiger partial charge in [0.2, 0.25) is 0 Å². The summed E-state index contributed by atoms with van der Waals surface area (Å²) in [6.45, 7) is 4.06. The lowest BCUT2D eigenvalue weighted by Crippen LogP contribution is -2.35. The fraction of sp³-hybridized carbons (Fsp3) is 0.381. The Kier molecular flexibility index (Phi) is 4.79. The van der Waals surface area contributed by atoms with E-state index >= 15 is 0 Å². The van der Waals surface area contributed by atoms with Crippen molar-refractivity contribution in [3.63, 3.8) is 0 Å². The summed E-state index contributed by atoms with van der Waals surface area (Å²) in [5, 5.41) is 3.03. The highest BCUT2D eigenvalue weighted by atomic mass is 16.6.